The van der Waals surface area contributed by atoms with E-state index >= 15 is 0 Å². The smallest absolute Gasteiger partial charge is 0.328 e. The molecular weight excluding hydrogens is 344 g/mol. The Morgan fingerprint density at radius 3 is 2.00 bits per heavy atom. The normalized spacial score (nSPS) is 20.1. The largest absolute Gasteiger partial charge is 0.480 e. The number of aliphatic hydroxyl groups excluding tert-OH is 5. The molecule has 140 valence electrons. The van der Waals surface area contributed by atoms with Gasteiger partial charge in [0.2, 0.25) is 0 Å². The average Bonchev–Trinajstić information content (AvgIpc) is 2.91. The van der Waals surface area contributed by atoms with Crippen LogP contribution < -0.4 is 5.32 Å². The van der Waals surface area contributed by atoms with Crippen LogP contribution in [-0.2, 0) is 19.2 Å². The lowest BCUT2D eigenvalue weighted by Crippen LogP contribution is -2.55. The Kier molecular flexibility index (Phi) is 7.14. The van der Waals surface area contributed by atoms with Crippen molar-refractivity contribution in [1.29, 1.82) is 0 Å². The number of carbonyl (C=O) groups excluding carboxylic acids is 3. The van der Waals surface area contributed by atoms with E-state index in [1.165, 1.54) is 0 Å². The fourth-order valence-electron chi connectivity index (χ4n) is 1.99. The van der Waals surface area contributed by atoms with E-state index in [2.05, 4.69) is 0 Å². The molecule has 0 unspecified atom stereocenters. The summed E-state index contributed by atoms with van der Waals surface area (Å²) in [6.07, 6.45) is -6.62. The van der Waals surface area contributed by atoms with Crippen LogP contribution in [0.1, 0.15) is 0 Å². The summed E-state index contributed by atoms with van der Waals surface area (Å²) < 4.78 is 0. The molecule has 3 amide bonds. The molecule has 12 nitrogen and oxygen atoms in total. The number of hydrogen-bond donors (Lipinski definition) is 7. The SMILES string of the molecule is O=C(NC[C@@H](C(=O)O)N1C(=O)C=CC1=O)[C@H](O)[C@@H](O)[C@H](O)[C@H](O)CO. The molecule has 7 N–H and O–H groups in total. The van der Waals surface area contributed by atoms with Gasteiger partial charge in [-0.2, -0.15) is 0 Å². The number of rotatable bonds is 9. The molecule has 0 aromatic heterocycles. The van der Waals surface area contributed by atoms with Gasteiger partial charge in [0.25, 0.3) is 17.7 Å². The van der Waals surface area contributed by atoms with E-state index in [4.69, 9.17) is 15.3 Å². The predicted molar refractivity (Wildman–Crippen MR) is 76.5 cm³/mol. The summed E-state index contributed by atoms with van der Waals surface area (Å²) in [5.74, 6) is -4.71. The minimum Gasteiger partial charge on any atom is -0.480 e. The van der Waals surface area contributed by atoms with Crippen molar-refractivity contribution in [3.8, 4) is 0 Å². The first kappa shape index (κ1) is 20.7. The van der Waals surface area contributed by atoms with Gasteiger partial charge in [0.1, 0.15) is 18.3 Å². The maximum atomic E-state index is 11.7. The van der Waals surface area contributed by atoms with Crippen molar-refractivity contribution in [2.75, 3.05) is 13.2 Å². The standard InChI is InChI=1S/C13H18N2O10/c16-4-6(17)9(20)10(21)11(22)12(23)14-3-5(13(24)25)15-7(18)1-2-8(15)19/h1-2,5-6,9-11,16-17,20-22H,3-4H2,(H,14,23)(H,24,25)/t5-,6+,9+,10-,11+/m0/s1. The van der Waals surface area contributed by atoms with E-state index in [1.54, 1.807) is 0 Å². The van der Waals surface area contributed by atoms with Crippen molar-refractivity contribution >= 4 is 23.7 Å². The van der Waals surface area contributed by atoms with E-state index in [0.29, 0.717) is 4.90 Å². The summed E-state index contributed by atoms with van der Waals surface area (Å²) in [5.41, 5.74) is 0. The average molecular weight is 362 g/mol. The minimum absolute atomic E-state index is 0.385. The van der Waals surface area contributed by atoms with Crippen LogP contribution in [0.2, 0.25) is 0 Å². The maximum absolute atomic E-state index is 11.7. The van der Waals surface area contributed by atoms with Crippen molar-refractivity contribution < 1.29 is 49.8 Å². The number of imide groups is 1. The van der Waals surface area contributed by atoms with Crippen LogP contribution >= 0.6 is 0 Å². The summed E-state index contributed by atoms with van der Waals surface area (Å²) >= 11 is 0. The van der Waals surface area contributed by atoms with Gasteiger partial charge in [-0.25, -0.2) is 4.79 Å². The zero-order valence-corrected chi connectivity index (χ0v) is 12.7. The molecule has 0 spiro atoms. The Bertz CT molecular complexity index is 559. The van der Waals surface area contributed by atoms with Gasteiger partial charge in [-0.15, -0.1) is 0 Å². The Hall–Kier alpha value is -2.38. The molecule has 1 heterocycles. The molecule has 0 aromatic rings. The van der Waals surface area contributed by atoms with Crippen LogP contribution in [0.25, 0.3) is 0 Å². The molecule has 25 heavy (non-hydrogen) atoms. The molecule has 1 aliphatic heterocycles. The number of carboxylic acids is 1. The van der Waals surface area contributed by atoms with Crippen molar-refractivity contribution in [1.82, 2.24) is 10.2 Å². The Labute approximate surface area is 140 Å². The number of hydrogen-bond acceptors (Lipinski definition) is 9. The van der Waals surface area contributed by atoms with Crippen molar-refractivity contribution in [2.45, 2.75) is 30.5 Å². The zero-order valence-electron chi connectivity index (χ0n) is 12.7. The third-order valence-electron chi connectivity index (χ3n) is 3.43. The summed E-state index contributed by atoms with van der Waals surface area (Å²) in [7, 11) is 0. The second-order valence-electron chi connectivity index (χ2n) is 5.15. The van der Waals surface area contributed by atoms with E-state index in [9.17, 15) is 34.5 Å². The molecule has 0 bridgehead atoms. The quantitative estimate of drug-likeness (QED) is 0.194. The van der Waals surface area contributed by atoms with Crippen molar-refractivity contribution in [3.05, 3.63) is 12.2 Å². The Morgan fingerprint density at radius 1 is 1.04 bits per heavy atom. The molecule has 0 saturated heterocycles. The van der Waals surface area contributed by atoms with Gasteiger partial charge in [-0.05, 0) is 0 Å². The van der Waals surface area contributed by atoms with Gasteiger partial charge < -0.3 is 36.0 Å². The maximum Gasteiger partial charge on any atom is 0.328 e. The van der Waals surface area contributed by atoms with E-state index in [0.717, 1.165) is 12.2 Å². The Balaban J connectivity index is 2.70. The first-order valence-corrected chi connectivity index (χ1v) is 7.00. The van der Waals surface area contributed by atoms with Crippen LogP contribution in [0.3, 0.4) is 0 Å². The van der Waals surface area contributed by atoms with Gasteiger partial charge in [0.15, 0.2) is 12.1 Å². The number of aliphatic carboxylic acids is 1. The van der Waals surface area contributed by atoms with Crippen molar-refractivity contribution in [2.24, 2.45) is 0 Å². The number of amides is 3. The molecule has 5 atom stereocenters. The molecule has 1 aliphatic rings. The van der Waals surface area contributed by atoms with Crippen LogP contribution in [0.4, 0.5) is 0 Å². The lowest BCUT2D eigenvalue weighted by atomic mass is 10.0. The van der Waals surface area contributed by atoms with Gasteiger partial charge in [0.05, 0.1) is 6.61 Å². The second-order valence-corrected chi connectivity index (χ2v) is 5.15. The molecule has 0 aromatic carbocycles. The summed E-state index contributed by atoms with van der Waals surface area (Å²) in [6.45, 7) is -1.71. The highest BCUT2D eigenvalue weighted by Gasteiger charge is 2.38. The molecule has 12 heteroatoms. The fourth-order valence-corrected chi connectivity index (χ4v) is 1.99. The number of carboxylic acid groups (broad SMARTS) is 1. The lowest BCUT2D eigenvalue weighted by molar-refractivity contribution is -0.155. The lowest BCUT2D eigenvalue weighted by Gasteiger charge is -2.26. The topological polar surface area (TPSA) is 205 Å². The number of nitrogens with one attached hydrogen (secondary N) is 1. The molecule has 0 fully saturated rings. The van der Waals surface area contributed by atoms with Gasteiger partial charge in [-0.1, -0.05) is 0 Å². The fraction of sp³-hybridized carbons (Fsp3) is 0.538. The van der Waals surface area contributed by atoms with Crippen LogP contribution in [0, 0.1) is 0 Å². The number of nitrogens with zero attached hydrogens (tertiary/aromatic N) is 1. The van der Waals surface area contributed by atoms with Crippen LogP contribution in [0.5, 0.6) is 0 Å². The highest BCUT2D eigenvalue weighted by atomic mass is 16.4. The zero-order chi connectivity index (χ0) is 19.3. The second kappa shape index (κ2) is 8.64. The summed E-state index contributed by atoms with van der Waals surface area (Å²) in [6, 6.07) is -1.75. The van der Waals surface area contributed by atoms with Gasteiger partial charge >= 0.3 is 5.97 Å². The number of aliphatic hydroxyl groups is 5. The summed E-state index contributed by atoms with van der Waals surface area (Å²) in [5, 5.41) is 57.4. The summed E-state index contributed by atoms with van der Waals surface area (Å²) in [4.78, 5) is 46.3. The van der Waals surface area contributed by atoms with Crippen LogP contribution in [-0.4, -0.2) is 103 Å². The number of carbonyl (C=O) groups is 4. The van der Waals surface area contributed by atoms with Gasteiger partial charge in [-0.3, -0.25) is 19.3 Å². The van der Waals surface area contributed by atoms with Crippen molar-refractivity contribution in [3.63, 3.8) is 0 Å². The monoisotopic (exact) mass is 362 g/mol. The first-order valence-electron chi connectivity index (χ1n) is 7.00. The minimum atomic E-state index is -2.27. The van der Waals surface area contributed by atoms with E-state index < -0.39 is 67.3 Å². The van der Waals surface area contributed by atoms with E-state index in [-0.39, 0.29) is 0 Å². The molecule has 0 aliphatic carbocycles. The molecular formula is C13H18N2O10. The van der Waals surface area contributed by atoms with E-state index in [1.807, 2.05) is 5.32 Å². The Morgan fingerprint density at radius 2 is 1.56 bits per heavy atom. The van der Waals surface area contributed by atoms with Gasteiger partial charge in [0, 0.05) is 18.7 Å². The predicted octanol–water partition coefficient (Wildman–Crippen LogP) is -5.08. The molecule has 1 rings (SSSR count). The van der Waals surface area contributed by atoms with Crippen LogP contribution in [0.15, 0.2) is 12.2 Å². The first-order chi connectivity index (χ1) is 11.6. The molecule has 0 saturated carbocycles. The third-order valence-corrected chi connectivity index (χ3v) is 3.43. The molecule has 0 radical (unpaired) electrons. The highest BCUT2D eigenvalue weighted by molar-refractivity contribution is 6.14. The highest BCUT2D eigenvalue weighted by Crippen LogP contribution is 2.10. The third kappa shape index (κ3) is 4.80.